The minimum absolute atomic E-state index is 0.110. The second-order valence-corrected chi connectivity index (χ2v) is 7.56. The number of carbonyl (C=O) groups excluding carboxylic acids is 2. The highest BCUT2D eigenvalue weighted by atomic mass is 16.7. The highest BCUT2D eigenvalue weighted by molar-refractivity contribution is 5.87. The van der Waals surface area contributed by atoms with Gasteiger partial charge in [0.2, 0.25) is 0 Å². The lowest BCUT2D eigenvalue weighted by molar-refractivity contribution is -0.136. The number of ether oxygens (including phenoxy) is 1. The van der Waals surface area contributed by atoms with Gasteiger partial charge < -0.3 is 15.0 Å². The summed E-state index contributed by atoms with van der Waals surface area (Å²) in [6.07, 6.45) is 1.43. The summed E-state index contributed by atoms with van der Waals surface area (Å²) >= 11 is 0. The third-order valence-corrected chi connectivity index (χ3v) is 5.17. The third-order valence-electron chi connectivity index (χ3n) is 5.17. The quantitative estimate of drug-likeness (QED) is 0.337. The Labute approximate surface area is 191 Å². The molecule has 3 N–H and O–H groups in total. The molecule has 4 aromatic rings. The number of rotatable bonds is 9. The van der Waals surface area contributed by atoms with Crippen molar-refractivity contribution >= 4 is 22.9 Å². The number of hydrogen-bond acceptors (Lipinski definition) is 4. The van der Waals surface area contributed by atoms with Gasteiger partial charge in [-0.2, -0.15) is 0 Å². The number of hydrogen-bond donors (Lipinski definition) is 3. The van der Waals surface area contributed by atoms with Crippen LogP contribution in [0.1, 0.15) is 16.7 Å². The molecule has 4 rings (SSSR count). The first-order valence-electron chi connectivity index (χ1n) is 10.7. The number of aromatic nitrogens is 1. The van der Waals surface area contributed by atoms with Gasteiger partial charge in [0, 0.05) is 23.5 Å². The van der Waals surface area contributed by atoms with Gasteiger partial charge in [-0.3, -0.25) is 9.63 Å². The van der Waals surface area contributed by atoms with Crippen LogP contribution in [0.3, 0.4) is 0 Å². The van der Waals surface area contributed by atoms with Gasteiger partial charge in [-0.25, -0.2) is 10.3 Å². The second-order valence-electron chi connectivity index (χ2n) is 7.56. The van der Waals surface area contributed by atoms with Crippen molar-refractivity contribution in [2.45, 2.75) is 25.7 Å². The first-order valence-corrected chi connectivity index (χ1v) is 10.7. The average molecular weight is 444 g/mol. The first kappa shape index (κ1) is 22.1. The molecular formula is C26H25N3O4. The summed E-state index contributed by atoms with van der Waals surface area (Å²) in [4.78, 5) is 33.9. The number of fused-ring (bicyclic) bond motifs is 1. The maximum atomic E-state index is 12.9. The zero-order valence-corrected chi connectivity index (χ0v) is 18.0. The number of benzene rings is 3. The molecule has 0 unspecified atom stereocenters. The number of nitrogens with one attached hydrogen (secondary N) is 3. The number of aromatic amines is 1. The predicted molar refractivity (Wildman–Crippen MR) is 125 cm³/mol. The fourth-order valence-electron chi connectivity index (χ4n) is 3.47. The molecule has 33 heavy (non-hydrogen) atoms. The number of para-hydroxylation sites is 1. The summed E-state index contributed by atoms with van der Waals surface area (Å²) in [5, 5.41) is 3.66. The van der Waals surface area contributed by atoms with E-state index in [-0.39, 0.29) is 19.6 Å². The summed E-state index contributed by atoms with van der Waals surface area (Å²) < 4.78 is 5.31. The van der Waals surface area contributed by atoms with Gasteiger partial charge in [0.15, 0.2) is 0 Å². The molecule has 0 spiro atoms. The van der Waals surface area contributed by atoms with Gasteiger partial charge in [0.1, 0.15) is 12.6 Å². The molecule has 0 saturated carbocycles. The van der Waals surface area contributed by atoms with Gasteiger partial charge >= 0.3 is 6.09 Å². The Morgan fingerprint density at radius 3 is 2.18 bits per heavy atom. The lowest BCUT2D eigenvalue weighted by Crippen LogP contribution is -2.48. The first-order chi connectivity index (χ1) is 16.2. The molecule has 0 aliphatic rings. The maximum Gasteiger partial charge on any atom is 0.408 e. The van der Waals surface area contributed by atoms with Crippen molar-refractivity contribution in [2.75, 3.05) is 0 Å². The average Bonchev–Trinajstić information content (AvgIpc) is 3.26. The van der Waals surface area contributed by atoms with Crippen LogP contribution in [0, 0.1) is 0 Å². The highest BCUT2D eigenvalue weighted by Gasteiger charge is 2.23. The molecule has 7 heteroatoms. The molecule has 1 aromatic heterocycles. The summed E-state index contributed by atoms with van der Waals surface area (Å²) in [5.74, 6) is -0.465. The summed E-state index contributed by atoms with van der Waals surface area (Å²) in [5.41, 5.74) is 6.08. The molecule has 3 aromatic carbocycles. The van der Waals surface area contributed by atoms with Crippen LogP contribution in [-0.2, 0) is 34.0 Å². The van der Waals surface area contributed by atoms with Crippen molar-refractivity contribution < 1.29 is 19.2 Å². The zero-order valence-electron chi connectivity index (χ0n) is 18.0. The van der Waals surface area contributed by atoms with E-state index in [2.05, 4.69) is 15.8 Å². The number of amides is 2. The number of alkyl carbamates (subject to hydrolysis) is 1. The van der Waals surface area contributed by atoms with Crippen LogP contribution < -0.4 is 10.8 Å². The molecule has 2 amide bonds. The van der Waals surface area contributed by atoms with Gasteiger partial charge in [-0.05, 0) is 22.8 Å². The molecular weight excluding hydrogens is 418 g/mol. The maximum absolute atomic E-state index is 12.9. The van der Waals surface area contributed by atoms with E-state index in [0.717, 1.165) is 27.6 Å². The summed E-state index contributed by atoms with van der Waals surface area (Å²) in [6, 6.07) is 25.7. The van der Waals surface area contributed by atoms with Crippen molar-refractivity contribution in [1.29, 1.82) is 0 Å². The minimum Gasteiger partial charge on any atom is -0.445 e. The second kappa shape index (κ2) is 11.0. The fourth-order valence-corrected chi connectivity index (χ4v) is 3.47. The molecule has 0 fully saturated rings. The minimum atomic E-state index is -0.886. The van der Waals surface area contributed by atoms with Gasteiger partial charge in [-0.1, -0.05) is 78.9 Å². The number of carbonyl (C=O) groups is 2. The smallest absolute Gasteiger partial charge is 0.408 e. The Morgan fingerprint density at radius 2 is 1.45 bits per heavy atom. The van der Waals surface area contributed by atoms with E-state index in [0.29, 0.717) is 0 Å². The van der Waals surface area contributed by atoms with E-state index < -0.39 is 18.0 Å². The van der Waals surface area contributed by atoms with E-state index in [9.17, 15) is 9.59 Å². The number of hydroxylamine groups is 1. The van der Waals surface area contributed by atoms with Crippen LogP contribution in [0.25, 0.3) is 10.9 Å². The Bertz CT molecular complexity index is 1190. The SMILES string of the molecule is O=C(N[C@@H](Cc1c[nH]c2ccccc12)C(=O)NOCc1ccccc1)OCc1ccccc1. The Hall–Kier alpha value is -4.10. The molecule has 0 saturated heterocycles. The third kappa shape index (κ3) is 6.21. The Kier molecular flexibility index (Phi) is 7.35. The molecule has 1 heterocycles. The normalized spacial score (nSPS) is 11.6. The standard InChI is InChI=1S/C26H25N3O4/c30-25(29-33-18-20-11-5-2-6-12-20)24(15-21-16-27-23-14-8-7-13-22(21)23)28-26(31)32-17-19-9-3-1-4-10-19/h1-14,16,24,27H,15,17-18H2,(H,28,31)(H,29,30)/t24-/m0/s1. The molecule has 7 nitrogen and oxygen atoms in total. The molecule has 0 radical (unpaired) electrons. The van der Waals surface area contributed by atoms with Gasteiger partial charge in [0.25, 0.3) is 5.91 Å². The summed E-state index contributed by atoms with van der Waals surface area (Å²) in [6.45, 7) is 0.323. The zero-order chi connectivity index (χ0) is 22.9. The largest absolute Gasteiger partial charge is 0.445 e. The van der Waals surface area contributed by atoms with Gasteiger partial charge in [-0.15, -0.1) is 0 Å². The van der Waals surface area contributed by atoms with Gasteiger partial charge in [0.05, 0.1) is 6.61 Å². The van der Waals surface area contributed by atoms with Crippen LogP contribution in [0.2, 0.25) is 0 Å². The molecule has 0 aliphatic heterocycles. The van der Waals surface area contributed by atoms with Crippen molar-refractivity contribution in [3.05, 3.63) is 108 Å². The van der Waals surface area contributed by atoms with Crippen LogP contribution in [0.5, 0.6) is 0 Å². The topological polar surface area (TPSA) is 92.5 Å². The lowest BCUT2D eigenvalue weighted by atomic mass is 10.0. The summed E-state index contributed by atoms with van der Waals surface area (Å²) in [7, 11) is 0. The van der Waals surface area contributed by atoms with Crippen molar-refractivity contribution in [2.24, 2.45) is 0 Å². The van der Waals surface area contributed by atoms with Crippen LogP contribution in [0.4, 0.5) is 4.79 Å². The van der Waals surface area contributed by atoms with E-state index in [1.807, 2.05) is 91.1 Å². The van der Waals surface area contributed by atoms with E-state index in [1.54, 1.807) is 0 Å². The molecule has 1 atom stereocenters. The van der Waals surface area contributed by atoms with Crippen molar-refractivity contribution in [3.63, 3.8) is 0 Å². The number of H-pyrrole nitrogens is 1. The lowest BCUT2D eigenvalue weighted by Gasteiger charge is -2.18. The molecule has 168 valence electrons. The van der Waals surface area contributed by atoms with Crippen molar-refractivity contribution in [1.82, 2.24) is 15.8 Å². The molecule has 0 aliphatic carbocycles. The highest BCUT2D eigenvalue weighted by Crippen LogP contribution is 2.19. The Morgan fingerprint density at radius 1 is 0.818 bits per heavy atom. The van der Waals surface area contributed by atoms with Crippen LogP contribution >= 0.6 is 0 Å². The van der Waals surface area contributed by atoms with Crippen molar-refractivity contribution in [3.8, 4) is 0 Å². The van der Waals surface area contributed by atoms with E-state index >= 15 is 0 Å². The van der Waals surface area contributed by atoms with Crippen LogP contribution in [-0.4, -0.2) is 23.0 Å². The van der Waals surface area contributed by atoms with Crippen LogP contribution in [0.15, 0.2) is 91.1 Å². The Balaban J connectivity index is 1.41. The van der Waals surface area contributed by atoms with E-state index in [1.165, 1.54) is 0 Å². The van der Waals surface area contributed by atoms with E-state index in [4.69, 9.17) is 9.57 Å². The predicted octanol–water partition coefficient (Wildman–Crippen LogP) is 4.25. The molecule has 0 bridgehead atoms. The monoisotopic (exact) mass is 443 g/mol. The fraction of sp³-hybridized carbons (Fsp3) is 0.154.